The van der Waals surface area contributed by atoms with E-state index in [0.717, 1.165) is 8.95 Å². The molecule has 0 N–H and O–H groups in total. The van der Waals surface area contributed by atoms with E-state index in [4.69, 9.17) is 0 Å². The van der Waals surface area contributed by atoms with Gasteiger partial charge in [-0.1, -0.05) is 117 Å². The molecule has 0 spiro atoms. The first kappa shape index (κ1) is 17.3. The summed E-state index contributed by atoms with van der Waals surface area (Å²) in [4.78, 5) is 0. The largest absolute Gasteiger partial charge is 0.0622 e. The molecule has 0 aliphatic rings. The van der Waals surface area contributed by atoms with Crippen LogP contribution in [0.3, 0.4) is 0 Å². The lowest BCUT2D eigenvalue weighted by Gasteiger charge is -2.11. The van der Waals surface area contributed by atoms with E-state index in [9.17, 15) is 0 Å². The van der Waals surface area contributed by atoms with Crippen molar-refractivity contribution in [2.75, 3.05) is 0 Å². The molecule has 0 nitrogen and oxygen atoms in total. The first-order valence-electron chi connectivity index (χ1n) is 8.43. The quantitative estimate of drug-likeness (QED) is 0.287. The van der Waals surface area contributed by atoms with Crippen LogP contribution in [0, 0.1) is 0 Å². The van der Waals surface area contributed by atoms with Crippen LogP contribution < -0.4 is 0 Å². The first-order valence-corrected chi connectivity index (χ1v) is 10.0. The highest BCUT2D eigenvalue weighted by Gasteiger charge is 2.10. The van der Waals surface area contributed by atoms with Gasteiger partial charge < -0.3 is 0 Å². The molecule has 0 unspecified atom stereocenters. The summed E-state index contributed by atoms with van der Waals surface area (Å²) in [7, 11) is 0. The fourth-order valence-corrected chi connectivity index (χ4v) is 4.27. The third-order valence-corrected chi connectivity index (χ3v) is 5.75. The zero-order valence-corrected chi connectivity index (χ0v) is 17.2. The highest BCUT2D eigenvalue weighted by atomic mass is 79.9. The molecule has 0 saturated heterocycles. The number of hydrogen-bond donors (Lipinski definition) is 0. The Labute approximate surface area is 170 Å². The van der Waals surface area contributed by atoms with Crippen LogP contribution in [0.1, 0.15) is 0 Å². The van der Waals surface area contributed by atoms with E-state index in [0.29, 0.717) is 0 Å². The van der Waals surface area contributed by atoms with Crippen LogP contribution in [0.2, 0.25) is 0 Å². The summed E-state index contributed by atoms with van der Waals surface area (Å²) in [6.45, 7) is 0. The van der Waals surface area contributed by atoms with E-state index >= 15 is 0 Å². The molecule has 0 saturated carbocycles. The number of hydrogen-bond acceptors (Lipinski definition) is 0. The van der Waals surface area contributed by atoms with Gasteiger partial charge in [0.1, 0.15) is 0 Å². The molecule has 0 heterocycles. The molecule has 26 heavy (non-hydrogen) atoms. The summed E-state index contributed by atoms with van der Waals surface area (Å²) >= 11 is 7.52. The second-order valence-electron chi connectivity index (χ2n) is 6.12. The first-order chi connectivity index (χ1) is 12.7. The minimum Gasteiger partial charge on any atom is -0.0622 e. The minimum absolute atomic E-state index is 1.09. The van der Waals surface area contributed by atoms with Crippen LogP contribution in [0.25, 0.3) is 33.4 Å². The van der Waals surface area contributed by atoms with Crippen LogP contribution in [0.5, 0.6) is 0 Å². The molecule has 0 aliphatic heterocycles. The predicted octanol–water partition coefficient (Wildman–Crippen LogP) is 8.21. The van der Waals surface area contributed by atoms with Crippen molar-refractivity contribution < 1.29 is 0 Å². The molecular formula is C24H16Br2. The van der Waals surface area contributed by atoms with Crippen molar-refractivity contribution in [3.05, 3.63) is 106 Å². The standard InChI is InChI=1S/C24H16Br2/c25-23-15-19(17-7-3-1-4-8-17)11-13-21(23)22-14-12-20(16-24(22)26)18-9-5-2-6-10-18/h1-16H. The van der Waals surface area contributed by atoms with Gasteiger partial charge in [-0.2, -0.15) is 0 Å². The van der Waals surface area contributed by atoms with Gasteiger partial charge in [-0.15, -0.1) is 0 Å². The second-order valence-corrected chi connectivity index (χ2v) is 7.83. The summed E-state index contributed by atoms with van der Waals surface area (Å²) in [6, 6.07) is 33.9. The SMILES string of the molecule is Brc1cc(-c2ccccc2)ccc1-c1ccc(-c2ccccc2)cc1Br. The maximum absolute atomic E-state index is 3.76. The maximum Gasteiger partial charge on any atom is 0.0260 e. The molecule has 4 aromatic rings. The summed E-state index contributed by atoms with van der Waals surface area (Å²) in [5.74, 6) is 0. The van der Waals surface area contributed by atoms with E-state index in [2.05, 4.69) is 117 Å². The van der Waals surface area contributed by atoms with Crippen molar-refractivity contribution in [2.24, 2.45) is 0 Å². The molecule has 4 aromatic carbocycles. The van der Waals surface area contributed by atoms with E-state index in [1.54, 1.807) is 0 Å². The van der Waals surface area contributed by atoms with Crippen molar-refractivity contribution >= 4 is 31.9 Å². The molecule has 0 fully saturated rings. The summed E-state index contributed by atoms with van der Waals surface area (Å²) in [5.41, 5.74) is 7.21. The lowest BCUT2D eigenvalue weighted by molar-refractivity contribution is 1.53. The monoisotopic (exact) mass is 462 g/mol. The smallest absolute Gasteiger partial charge is 0.0260 e. The molecule has 0 bridgehead atoms. The Bertz CT molecular complexity index is 951. The van der Waals surface area contributed by atoms with Crippen LogP contribution in [-0.4, -0.2) is 0 Å². The van der Waals surface area contributed by atoms with Crippen molar-refractivity contribution in [3.63, 3.8) is 0 Å². The van der Waals surface area contributed by atoms with Crippen LogP contribution >= 0.6 is 31.9 Å². The Kier molecular flexibility index (Phi) is 5.05. The molecule has 0 amide bonds. The molecule has 0 aromatic heterocycles. The van der Waals surface area contributed by atoms with E-state index in [1.165, 1.54) is 33.4 Å². The van der Waals surface area contributed by atoms with Gasteiger partial charge in [-0.25, -0.2) is 0 Å². The highest BCUT2D eigenvalue weighted by Crippen LogP contribution is 2.38. The number of rotatable bonds is 3. The van der Waals surface area contributed by atoms with Gasteiger partial charge in [0.15, 0.2) is 0 Å². The topological polar surface area (TPSA) is 0 Å². The van der Waals surface area contributed by atoms with Crippen molar-refractivity contribution in [3.8, 4) is 33.4 Å². The molecule has 2 heteroatoms. The van der Waals surface area contributed by atoms with Gasteiger partial charge >= 0.3 is 0 Å². The summed E-state index contributed by atoms with van der Waals surface area (Å²) < 4.78 is 2.18. The average Bonchev–Trinajstić information content (AvgIpc) is 2.69. The van der Waals surface area contributed by atoms with Crippen LogP contribution in [-0.2, 0) is 0 Å². The van der Waals surface area contributed by atoms with Gasteiger partial charge in [0, 0.05) is 8.95 Å². The molecule has 126 valence electrons. The summed E-state index contributed by atoms with van der Waals surface area (Å²) in [5, 5.41) is 0. The lowest BCUT2D eigenvalue weighted by atomic mass is 9.98. The average molecular weight is 464 g/mol. The minimum atomic E-state index is 1.09. The fraction of sp³-hybridized carbons (Fsp3) is 0. The lowest BCUT2D eigenvalue weighted by Crippen LogP contribution is -1.86. The predicted molar refractivity (Wildman–Crippen MR) is 118 cm³/mol. The van der Waals surface area contributed by atoms with Gasteiger partial charge in [-0.05, 0) is 45.5 Å². The third kappa shape index (κ3) is 3.53. The van der Waals surface area contributed by atoms with Crippen molar-refractivity contribution in [2.45, 2.75) is 0 Å². The normalized spacial score (nSPS) is 10.7. The second kappa shape index (κ2) is 7.61. The highest BCUT2D eigenvalue weighted by molar-refractivity contribution is 9.11. The third-order valence-electron chi connectivity index (χ3n) is 4.44. The van der Waals surface area contributed by atoms with E-state index < -0.39 is 0 Å². The Morgan fingerprint density at radius 1 is 0.385 bits per heavy atom. The zero-order valence-electron chi connectivity index (χ0n) is 14.0. The fourth-order valence-electron chi connectivity index (χ4n) is 3.09. The van der Waals surface area contributed by atoms with Gasteiger partial charge in [0.05, 0.1) is 0 Å². The van der Waals surface area contributed by atoms with Gasteiger partial charge in [0.2, 0.25) is 0 Å². The number of halogens is 2. The Hall–Kier alpha value is -2.16. The number of benzene rings is 4. The van der Waals surface area contributed by atoms with Gasteiger partial charge in [-0.3, -0.25) is 0 Å². The maximum atomic E-state index is 3.76. The molecular weight excluding hydrogens is 448 g/mol. The Morgan fingerprint density at radius 3 is 1.12 bits per heavy atom. The summed E-state index contributed by atoms with van der Waals surface area (Å²) in [6.07, 6.45) is 0. The molecule has 4 rings (SSSR count). The van der Waals surface area contributed by atoms with E-state index in [1.807, 2.05) is 12.1 Å². The van der Waals surface area contributed by atoms with E-state index in [-0.39, 0.29) is 0 Å². The van der Waals surface area contributed by atoms with Crippen molar-refractivity contribution in [1.29, 1.82) is 0 Å². The van der Waals surface area contributed by atoms with Crippen LogP contribution in [0.4, 0.5) is 0 Å². The molecule has 0 aliphatic carbocycles. The molecule has 0 atom stereocenters. The van der Waals surface area contributed by atoms with Crippen molar-refractivity contribution in [1.82, 2.24) is 0 Å². The Balaban J connectivity index is 1.72. The van der Waals surface area contributed by atoms with Gasteiger partial charge in [0.25, 0.3) is 0 Å². The van der Waals surface area contributed by atoms with Crippen LogP contribution in [0.15, 0.2) is 106 Å². The molecule has 0 radical (unpaired) electrons. The Morgan fingerprint density at radius 2 is 0.769 bits per heavy atom. The zero-order chi connectivity index (χ0) is 17.9.